The molecule has 1 aliphatic rings. The van der Waals surface area contributed by atoms with Crippen LogP contribution in [0.1, 0.15) is 5.89 Å². The van der Waals surface area contributed by atoms with Gasteiger partial charge in [0.1, 0.15) is 0 Å². The van der Waals surface area contributed by atoms with Gasteiger partial charge in [0, 0.05) is 23.1 Å². The molecule has 1 aromatic carbocycles. The van der Waals surface area contributed by atoms with E-state index in [0.717, 1.165) is 10.0 Å². The average Bonchev–Trinajstić information content (AvgIpc) is 2.76. The van der Waals surface area contributed by atoms with Crippen LogP contribution in [-0.2, 0) is 6.54 Å². The van der Waals surface area contributed by atoms with E-state index >= 15 is 0 Å². The zero-order valence-electron chi connectivity index (χ0n) is 9.58. The number of hydrogen-bond acceptors (Lipinski definition) is 5. The van der Waals surface area contributed by atoms with Crippen LogP contribution in [0.4, 0.5) is 0 Å². The van der Waals surface area contributed by atoms with Gasteiger partial charge < -0.3 is 9.63 Å². The molecule has 0 spiro atoms. The van der Waals surface area contributed by atoms with Crippen molar-refractivity contribution >= 4 is 15.9 Å². The molecule has 18 heavy (non-hydrogen) atoms. The summed E-state index contributed by atoms with van der Waals surface area (Å²) in [6.07, 6.45) is -0.211. The molecule has 0 atom stereocenters. The number of hydrogen-bond donors (Lipinski definition) is 1. The fraction of sp³-hybridized carbons (Fsp3) is 0.333. The molecule has 0 amide bonds. The van der Waals surface area contributed by atoms with E-state index in [-0.39, 0.29) is 6.10 Å². The Labute approximate surface area is 113 Å². The summed E-state index contributed by atoms with van der Waals surface area (Å²) in [7, 11) is 0. The SMILES string of the molecule is OC1CN(Cc2nc(-c3cccc(Br)c3)no2)C1. The molecule has 2 aromatic rings. The van der Waals surface area contributed by atoms with Gasteiger partial charge in [-0.2, -0.15) is 4.98 Å². The van der Waals surface area contributed by atoms with Gasteiger partial charge in [0.25, 0.3) is 0 Å². The molecular formula is C12H12BrN3O2. The summed E-state index contributed by atoms with van der Waals surface area (Å²) in [6.45, 7) is 1.95. The summed E-state index contributed by atoms with van der Waals surface area (Å²) in [6, 6.07) is 7.77. The van der Waals surface area contributed by atoms with Gasteiger partial charge in [-0.3, -0.25) is 4.90 Å². The van der Waals surface area contributed by atoms with Crippen molar-refractivity contribution in [2.75, 3.05) is 13.1 Å². The van der Waals surface area contributed by atoms with E-state index in [1.807, 2.05) is 24.3 Å². The Morgan fingerprint density at radius 3 is 3.00 bits per heavy atom. The van der Waals surface area contributed by atoms with E-state index in [4.69, 9.17) is 4.52 Å². The first-order valence-corrected chi connectivity index (χ1v) is 6.49. The minimum absolute atomic E-state index is 0.211. The van der Waals surface area contributed by atoms with Crippen LogP contribution in [0.3, 0.4) is 0 Å². The van der Waals surface area contributed by atoms with Crippen LogP contribution in [0, 0.1) is 0 Å². The molecule has 3 rings (SSSR count). The number of aromatic nitrogens is 2. The molecule has 6 heteroatoms. The van der Waals surface area contributed by atoms with E-state index in [2.05, 4.69) is 31.0 Å². The van der Waals surface area contributed by atoms with E-state index in [1.54, 1.807) is 0 Å². The molecule has 0 bridgehead atoms. The largest absolute Gasteiger partial charge is 0.390 e. The summed E-state index contributed by atoms with van der Waals surface area (Å²) < 4.78 is 6.18. The van der Waals surface area contributed by atoms with Crippen LogP contribution < -0.4 is 0 Å². The third-order valence-electron chi connectivity index (χ3n) is 2.85. The van der Waals surface area contributed by atoms with Crippen molar-refractivity contribution in [3.8, 4) is 11.4 Å². The Bertz CT molecular complexity index is 552. The average molecular weight is 310 g/mol. The van der Waals surface area contributed by atoms with Crippen LogP contribution in [0.25, 0.3) is 11.4 Å². The first kappa shape index (κ1) is 11.8. The maximum absolute atomic E-state index is 9.20. The van der Waals surface area contributed by atoms with Crippen molar-refractivity contribution in [1.29, 1.82) is 0 Å². The zero-order chi connectivity index (χ0) is 12.5. The molecule has 2 heterocycles. The summed E-state index contributed by atoms with van der Waals surface area (Å²) in [5.74, 6) is 1.17. The van der Waals surface area contributed by atoms with Crippen molar-refractivity contribution < 1.29 is 9.63 Å². The van der Waals surface area contributed by atoms with Crippen molar-refractivity contribution in [1.82, 2.24) is 15.0 Å². The van der Waals surface area contributed by atoms with Gasteiger partial charge in [-0.1, -0.05) is 33.2 Å². The highest BCUT2D eigenvalue weighted by atomic mass is 79.9. The van der Waals surface area contributed by atoms with E-state index < -0.39 is 0 Å². The molecule has 5 nitrogen and oxygen atoms in total. The third kappa shape index (κ3) is 2.45. The Hall–Kier alpha value is -1.24. The van der Waals surface area contributed by atoms with Crippen molar-refractivity contribution in [3.05, 3.63) is 34.6 Å². The number of aliphatic hydroxyl groups excluding tert-OH is 1. The lowest BCUT2D eigenvalue weighted by Crippen LogP contribution is -2.49. The molecule has 0 saturated carbocycles. The highest BCUT2D eigenvalue weighted by Gasteiger charge is 2.25. The predicted molar refractivity (Wildman–Crippen MR) is 68.7 cm³/mol. The van der Waals surface area contributed by atoms with E-state index in [0.29, 0.717) is 31.3 Å². The van der Waals surface area contributed by atoms with Crippen LogP contribution >= 0.6 is 15.9 Å². The third-order valence-corrected chi connectivity index (χ3v) is 3.34. The second kappa shape index (κ2) is 4.79. The van der Waals surface area contributed by atoms with Crippen LogP contribution in [-0.4, -0.2) is 39.3 Å². The number of rotatable bonds is 3. The normalized spacial score (nSPS) is 16.8. The molecule has 0 radical (unpaired) electrons. The summed E-state index contributed by atoms with van der Waals surface area (Å²) in [5.41, 5.74) is 0.919. The molecule has 1 aromatic heterocycles. The van der Waals surface area contributed by atoms with E-state index in [9.17, 15) is 5.11 Å². The Morgan fingerprint density at radius 2 is 2.28 bits per heavy atom. The molecule has 0 aliphatic carbocycles. The molecule has 1 aliphatic heterocycles. The van der Waals surface area contributed by atoms with Crippen molar-refractivity contribution in [2.24, 2.45) is 0 Å². The van der Waals surface area contributed by atoms with Gasteiger partial charge in [-0.05, 0) is 12.1 Å². The number of halogens is 1. The highest BCUT2D eigenvalue weighted by Crippen LogP contribution is 2.21. The Balaban J connectivity index is 1.73. The molecule has 94 valence electrons. The van der Waals surface area contributed by atoms with Gasteiger partial charge in [-0.25, -0.2) is 0 Å². The number of aliphatic hydroxyl groups is 1. The van der Waals surface area contributed by atoms with Gasteiger partial charge in [0.15, 0.2) is 0 Å². The standard InChI is InChI=1S/C12H12BrN3O2/c13-9-3-1-2-8(4-9)12-14-11(18-15-12)7-16-5-10(17)6-16/h1-4,10,17H,5-7H2. The molecular weight excluding hydrogens is 298 g/mol. The minimum atomic E-state index is -0.211. The second-order valence-corrected chi connectivity index (χ2v) is 5.29. The molecule has 1 fully saturated rings. The monoisotopic (exact) mass is 309 g/mol. The van der Waals surface area contributed by atoms with Gasteiger partial charge in [-0.15, -0.1) is 0 Å². The number of benzene rings is 1. The number of likely N-dealkylation sites (tertiary alicyclic amines) is 1. The summed E-state index contributed by atoms with van der Waals surface area (Å²) in [4.78, 5) is 6.40. The first-order chi connectivity index (χ1) is 8.70. The topological polar surface area (TPSA) is 62.4 Å². The maximum atomic E-state index is 9.20. The van der Waals surface area contributed by atoms with Gasteiger partial charge in [0.05, 0.1) is 12.6 Å². The van der Waals surface area contributed by atoms with Crippen LogP contribution in [0.2, 0.25) is 0 Å². The Morgan fingerprint density at radius 1 is 1.44 bits per heavy atom. The minimum Gasteiger partial charge on any atom is -0.390 e. The van der Waals surface area contributed by atoms with Gasteiger partial charge in [0.2, 0.25) is 11.7 Å². The zero-order valence-corrected chi connectivity index (χ0v) is 11.2. The fourth-order valence-electron chi connectivity index (χ4n) is 1.93. The summed E-state index contributed by atoms with van der Waals surface area (Å²) >= 11 is 3.41. The maximum Gasteiger partial charge on any atom is 0.241 e. The summed E-state index contributed by atoms with van der Waals surface area (Å²) in [5, 5.41) is 13.2. The molecule has 0 unspecified atom stereocenters. The van der Waals surface area contributed by atoms with Crippen molar-refractivity contribution in [2.45, 2.75) is 12.6 Å². The van der Waals surface area contributed by atoms with Crippen LogP contribution in [0.15, 0.2) is 33.3 Å². The highest BCUT2D eigenvalue weighted by molar-refractivity contribution is 9.10. The quantitative estimate of drug-likeness (QED) is 0.934. The lowest BCUT2D eigenvalue weighted by Gasteiger charge is -2.34. The first-order valence-electron chi connectivity index (χ1n) is 5.69. The fourth-order valence-corrected chi connectivity index (χ4v) is 2.33. The Kier molecular flexibility index (Phi) is 3.15. The van der Waals surface area contributed by atoms with Crippen molar-refractivity contribution in [3.63, 3.8) is 0 Å². The number of nitrogens with zero attached hydrogens (tertiary/aromatic N) is 3. The van der Waals surface area contributed by atoms with Crippen LogP contribution in [0.5, 0.6) is 0 Å². The second-order valence-electron chi connectivity index (χ2n) is 4.37. The smallest absolute Gasteiger partial charge is 0.241 e. The lowest BCUT2D eigenvalue weighted by atomic mass is 10.2. The molecule has 1 saturated heterocycles. The molecule has 1 N–H and O–H groups in total. The van der Waals surface area contributed by atoms with E-state index in [1.165, 1.54) is 0 Å². The number of β-amino-alcohol motifs (C(OH)–C–C–N with tert-alkyl or cyclic N) is 1. The predicted octanol–water partition coefficient (Wildman–Crippen LogP) is 1.68. The lowest BCUT2D eigenvalue weighted by molar-refractivity contribution is -0.00806. The van der Waals surface area contributed by atoms with Gasteiger partial charge >= 0.3 is 0 Å².